The van der Waals surface area contributed by atoms with Crippen molar-refractivity contribution in [3.05, 3.63) is 29.8 Å². The van der Waals surface area contributed by atoms with Crippen molar-refractivity contribution >= 4 is 11.6 Å². The van der Waals surface area contributed by atoms with Crippen LogP contribution in [0.1, 0.15) is 32.3 Å². The third-order valence-electron chi connectivity index (χ3n) is 5.06. The molecule has 0 saturated carbocycles. The summed E-state index contributed by atoms with van der Waals surface area (Å²) in [5.41, 5.74) is 2.59. The molecule has 2 aliphatic heterocycles. The van der Waals surface area contributed by atoms with Crippen LogP contribution in [0.2, 0.25) is 0 Å². The summed E-state index contributed by atoms with van der Waals surface area (Å²) >= 11 is 0. The van der Waals surface area contributed by atoms with Crippen molar-refractivity contribution in [2.24, 2.45) is 0 Å². The lowest BCUT2D eigenvalue weighted by Gasteiger charge is -2.32. The van der Waals surface area contributed by atoms with Crippen LogP contribution in [0.3, 0.4) is 0 Å². The maximum atomic E-state index is 12.4. The van der Waals surface area contributed by atoms with Crippen LogP contribution in [-0.4, -0.2) is 49.1 Å². The van der Waals surface area contributed by atoms with Crippen LogP contribution in [0.4, 0.5) is 5.69 Å². The maximum absolute atomic E-state index is 12.4. The zero-order valence-corrected chi connectivity index (χ0v) is 13.7. The first-order valence-corrected chi connectivity index (χ1v) is 8.53. The molecule has 4 heteroatoms. The van der Waals surface area contributed by atoms with Crippen LogP contribution in [0, 0.1) is 0 Å². The van der Waals surface area contributed by atoms with E-state index >= 15 is 0 Å². The first kappa shape index (κ1) is 15.3. The van der Waals surface area contributed by atoms with Crippen molar-refractivity contribution in [3.63, 3.8) is 0 Å². The number of hydrogen-bond acceptors (Lipinski definition) is 3. The Morgan fingerprint density at radius 3 is 2.73 bits per heavy atom. The van der Waals surface area contributed by atoms with E-state index in [1.54, 1.807) is 0 Å². The fourth-order valence-electron chi connectivity index (χ4n) is 3.69. The number of hydrogen-bond donors (Lipinski definition) is 1. The topological polar surface area (TPSA) is 35.6 Å². The van der Waals surface area contributed by atoms with Crippen LogP contribution in [0.15, 0.2) is 24.3 Å². The average Bonchev–Trinajstić information content (AvgIpc) is 2.84. The minimum absolute atomic E-state index is 0.165. The summed E-state index contributed by atoms with van der Waals surface area (Å²) in [5.74, 6) is 0.165. The van der Waals surface area contributed by atoms with Gasteiger partial charge in [0.1, 0.15) is 0 Å². The Labute approximate surface area is 133 Å². The maximum Gasteiger partial charge on any atom is 0.239 e. The van der Waals surface area contributed by atoms with E-state index < -0.39 is 0 Å². The predicted octanol–water partition coefficient (Wildman–Crippen LogP) is 2.04. The number of nitrogens with zero attached hydrogens (tertiary/aromatic N) is 2. The first-order chi connectivity index (χ1) is 10.7. The van der Waals surface area contributed by atoms with Gasteiger partial charge in [0.2, 0.25) is 5.91 Å². The summed E-state index contributed by atoms with van der Waals surface area (Å²) < 4.78 is 0. The molecule has 0 radical (unpaired) electrons. The molecular formula is C18H27N3O. The second-order valence-electron chi connectivity index (χ2n) is 6.59. The van der Waals surface area contributed by atoms with Crippen molar-refractivity contribution in [3.8, 4) is 0 Å². The second kappa shape index (κ2) is 6.69. The van der Waals surface area contributed by atoms with E-state index in [1.165, 1.54) is 11.3 Å². The Hall–Kier alpha value is -1.55. The molecule has 4 nitrogen and oxygen atoms in total. The van der Waals surface area contributed by atoms with Crippen LogP contribution >= 0.6 is 0 Å². The fraction of sp³-hybridized carbons (Fsp3) is 0.611. The standard InChI is InChI=1S/C18H27N3O/c1-3-20-10-8-16(9-11-20)19-18(22)13-21-14(2)12-15-6-4-5-7-17(15)21/h4-7,14,16H,3,8-13H2,1-2H3,(H,19,22). The minimum Gasteiger partial charge on any atom is -0.359 e. The largest absolute Gasteiger partial charge is 0.359 e. The number of benzene rings is 1. The molecule has 1 N–H and O–H groups in total. The van der Waals surface area contributed by atoms with Gasteiger partial charge in [0, 0.05) is 30.9 Å². The average molecular weight is 301 g/mol. The van der Waals surface area contributed by atoms with Gasteiger partial charge in [-0.2, -0.15) is 0 Å². The van der Waals surface area contributed by atoms with Crippen molar-refractivity contribution < 1.29 is 4.79 Å². The van der Waals surface area contributed by atoms with Gasteiger partial charge in [-0.15, -0.1) is 0 Å². The van der Waals surface area contributed by atoms with Crippen LogP contribution in [0.25, 0.3) is 0 Å². The number of amides is 1. The lowest BCUT2D eigenvalue weighted by Crippen LogP contribution is -2.48. The molecule has 0 bridgehead atoms. The number of rotatable bonds is 4. The van der Waals surface area contributed by atoms with Crippen molar-refractivity contribution in [1.29, 1.82) is 0 Å². The molecule has 1 saturated heterocycles. The molecular weight excluding hydrogens is 274 g/mol. The summed E-state index contributed by atoms with van der Waals surface area (Å²) in [6.07, 6.45) is 3.19. The fourth-order valence-corrected chi connectivity index (χ4v) is 3.69. The zero-order valence-electron chi connectivity index (χ0n) is 13.7. The van der Waals surface area contributed by atoms with E-state index in [-0.39, 0.29) is 5.91 Å². The molecule has 3 rings (SSSR count). The number of para-hydroxylation sites is 1. The Morgan fingerprint density at radius 2 is 2.00 bits per heavy atom. The number of nitrogens with one attached hydrogen (secondary N) is 1. The molecule has 1 amide bonds. The van der Waals surface area contributed by atoms with Gasteiger partial charge in [0.15, 0.2) is 0 Å². The van der Waals surface area contributed by atoms with E-state index in [0.717, 1.165) is 38.9 Å². The molecule has 1 aromatic carbocycles. The molecule has 120 valence electrons. The van der Waals surface area contributed by atoms with Crippen molar-refractivity contribution in [2.45, 2.75) is 45.2 Å². The highest BCUT2D eigenvalue weighted by atomic mass is 16.2. The van der Waals surface area contributed by atoms with Gasteiger partial charge in [-0.3, -0.25) is 4.79 Å². The summed E-state index contributed by atoms with van der Waals surface area (Å²) in [4.78, 5) is 17.1. The number of carbonyl (C=O) groups excluding carboxylic acids is 1. The smallest absolute Gasteiger partial charge is 0.239 e. The molecule has 2 aliphatic rings. The van der Waals surface area contributed by atoms with Crippen molar-refractivity contribution in [1.82, 2.24) is 10.2 Å². The summed E-state index contributed by atoms with van der Waals surface area (Å²) in [5, 5.41) is 3.23. The third kappa shape index (κ3) is 3.27. The summed E-state index contributed by atoms with van der Waals surface area (Å²) in [6.45, 7) is 8.20. The van der Waals surface area contributed by atoms with Gasteiger partial charge in [-0.25, -0.2) is 0 Å². The lowest BCUT2D eigenvalue weighted by molar-refractivity contribution is -0.120. The molecule has 1 unspecified atom stereocenters. The zero-order chi connectivity index (χ0) is 15.5. The number of fused-ring (bicyclic) bond motifs is 1. The molecule has 1 atom stereocenters. The van der Waals surface area contributed by atoms with Crippen molar-refractivity contribution in [2.75, 3.05) is 31.1 Å². The lowest BCUT2D eigenvalue weighted by atomic mass is 10.1. The van der Waals surface area contributed by atoms with Crippen LogP contribution < -0.4 is 10.2 Å². The van der Waals surface area contributed by atoms with Gasteiger partial charge in [-0.1, -0.05) is 25.1 Å². The highest BCUT2D eigenvalue weighted by molar-refractivity contribution is 5.82. The van der Waals surface area contributed by atoms with Crippen LogP contribution in [-0.2, 0) is 11.2 Å². The van der Waals surface area contributed by atoms with E-state index in [0.29, 0.717) is 18.6 Å². The predicted molar refractivity (Wildman–Crippen MR) is 90.2 cm³/mol. The molecule has 1 aromatic rings. The van der Waals surface area contributed by atoms with Gasteiger partial charge in [-0.05, 0) is 44.4 Å². The molecule has 0 aromatic heterocycles. The van der Waals surface area contributed by atoms with Gasteiger partial charge < -0.3 is 15.1 Å². The third-order valence-corrected chi connectivity index (χ3v) is 5.06. The number of likely N-dealkylation sites (tertiary alicyclic amines) is 1. The Bertz CT molecular complexity index is 523. The number of piperidine rings is 1. The number of carbonyl (C=O) groups is 1. The quantitative estimate of drug-likeness (QED) is 0.924. The van der Waals surface area contributed by atoms with Gasteiger partial charge >= 0.3 is 0 Å². The Kier molecular flexibility index (Phi) is 4.67. The molecule has 1 fully saturated rings. The highest BCUT2D eigenvalue weighted by Crippen LogP contribution is 2.31. The molecule has 0 spiro atoms. The first-order valence-electron chi connectivity index (χ1n) is 8.53. The van der Waals surface area contributed by atoms with E-state index in [9.17, 15) is 4.79 Å². The summed E-state index contributed by atoms with van der Waals surface area (Å²) in [6, 6.07) is 9.20. The monoisotopic (exact) mass is 301 g/mol. The Balaban J connectivity index is 1.54. The minimum atomic E-state index is 0.165. The van der Waals surface area contributed by atoms with E-state index in [4.69, 9.17) is 0 Å². The normalized spacial score (nSPS) is 22.6. The molecule has 0 aliphatic carbocycles. The Morgan fingerprint density at radius 1 is 1.27 bits per heavy atom. The van der Waals surface area contributed by atoms with E-state index in [2.05, 4.69) is 53.2 Å². The van der Waals surface area contributed by atoms with Gasteiger partial charge in [0.05, 0.1) is 6.54 Å². The molecule has 2 heterocycles. The highest BCUT2D eigenvalue weighted by Gasteiger charge is 2.28. The van der Waals surface area contributed by atoms with Gasteiger partial charge in [0.25, 0.3) is 0 Å². The van der Waals surface area contributed by atoms with Crippen LogP contribution in [0.5, 0.6) is 0 Å². The van der Waals surface area contributed by atoms with E-state index in [1.807, 2.05) is 0 Å². The SMILES string of the molecule is CCN1CCC(NC(=O)CN2c3ccccc3CC2C)CC1. The second-order valence-corrected chi connectivity index (χ2v) is 6.59. The molecule has 22 heavy (non-hydrogen) atoms. The summed E-state index contributed by atoms with van der Waals surface area (Å²) in [7, 11) is 0. The number of anilines is 1.